The Morgan fingerprint density at radius 3 is 2.43 bits per heavy atom. The number of carbonyl (C=O) groups is 2. The summed E-state index contributed by atoms with van der Waals surface area (Å²) in [4.78, 5) is 42.1. The summed E-state index contributed by atoms with van der Waals surface area (Å²) in [7, 11) is 1.30. The maximum Gasteiger partial charge on any atom is 0.311 e. The lowest BCUT2D eigenvalue weighted by atomic mass is 9.87. The number of aryl methyl sites for hydroxylation is 1. The summed E-state index contributed by atoms with van der Waals surface area (Å²) in [6.07, 6.45) is 3.49. The number of ether oxygens (including phenoxy) is 1. The van der Waals surface area contributed by atoms with Crippen molar-refractivity contribution in [2.45, 2.75) is 59.4 Å². The number of rotatable bonds is 10. The lowest BCUT2D eigenvalue weighted by Gasteiger charge is -2.21. The van der Waals surface area contributed by atoms with E-state index < -0.39 is 11.4 Å². The number of hydrogen-bond acceptors (Lipinski definition) is 5. The predicted molar refractivity (Wildman–Crippen MR) is 118 cm³/mol. The van der Waals surface area contributed by atoms with Crippen molar-refractivity contribution < 1.29 is 14.3 Å². The normalized spacial score (nSPS) is 11.4. The van der Waals surface area contributed by atoms with E-state index in [0.29, 0.717) is 23.0 Å². The minimum Gasteiger partial charge on any atom is -0.469 e. The summed E-state index contributed by atoms with van der Waals surface area (Å²) >= 11 is 5.96. The molecular weight excluding hydrogens is 404 g/mol. The highest BCUT2D eigenvalue weighted by atomic mass is 35.5. The lowest BCUT2D eigenvalue weighted by molar-refractivity contribution is -0.152. The highest BCUT2D eigenvalue weighted by molar-refractivity contribution is 6.30. The Balaban J connectivity index is 2.35. The van der Waals surface area contributed by atoms with Crippen LogP contribution in [-0.4, -0.2) is 28.4 Å². The third-order valence-corrected chi connectivity index (χ3v) is 5.19. The van der Waals surface area contributed by atoms with Gasteiger partial charge < -0.3 is 4.74 Å². The maximum absolute atomic E-state index is 12.9. The van der Waals surface area contributed by atoms with Gasteiger partial charge in [-0.15, -0.1) is 0 Å². The molecule has 1 aromatic carbocycles. The molecular formula is C23H29ClN2O4. The first-order chi connectivity index (χ1) is 14.2. The number of hydrogen-bond donors (Lipinski definition) is 0. The monoisotopic (exact) mass is 432 g/mol. The number of nitrogens with zero attached hydrogens (tertiary/aromatic N) is 2. The van der Waals surface area contributed by atoms with Gasteiger partial charge in [-0.1, -0.05) is 43.5 Å². The van der Waals surface area contributed by atoms with Crippen LogP contribution in [0.1, 0.15) is 52.3 Å². The molecule has 2 aromatic rings. The number of carbonyl (C=O) groups excluding carboxylic acids is 2. The smallest absolute Gasteiger partial charge is 0.311 e. The van der Waals surface area contributed by atoms with Crippen LogP contribution in [-0.2, 0) is 27.3 Å². The number of benzene rings is 1. The van der Waals surface area contributed by atoms with Crippen molar-refractivity contribution in [3.63, 3.8) is 0 Å². The number of aromatic nitrogens is 2. The minimum absolute atomic E-state index is 0.0144. The van der Waals surface area contributed by atoms with Crippen LogP contribution in [0.25, 0.3) is 11.3 Å². The number of esters is 1. The molecule has 30 heavy (non-hydrogen) atoms. The molecule has 2 rings (SSSR count). The van der Waals surface area contributed by atoms with E-state index in [9.17, 15) is 14.4 Å². The molecule has 0 bridgehead atoms. The second-order valence-electron chi connectivity index (χ2n) is 8.04. The summed E-state index contributed by atoms with van der Waals surface area (Å²) in [6, 6.07) is 8.56. The first-order valence-electron chi connectivity index (χ1n) is 10.1. The molecule has 7 heteroatoms. The van der Waals surface area contributed by atoms with Crippen LogP contribution in [0.4, 0.5) is 0 Å². The van der Waals surface area contributed by atoms with Gasteiger partial charge in [-0.05, 0) is 32.4 Å². The average Bonchev–Trinajstić information content (AvgIpc) is 2.69. The van der Waals surface area contributed by atoms with E-state index in [1.807, 2.05) is 12.1 Å². The van der Waals surface area contributed by atoms with E-state index in [-0.39, 0.29) is 24.3 Å². The molecule has 0 N–H and O–H groups in total. The highest BCUT2D eigenvalue weighted by Crippen LogP contribution is 2.23. The van der Waals surface area contributed by atoms with Gasteiger partial charge in [-0.3, -0.25) is 19.0 Å². The van der Waals surface area contributed by atoms with E-state index >= 15 is 0 Å². The van der Waals surface area contributed by atoms with E-state index in [1.54, 1.807) is 26.0 Å². The topological polar surface area (TPSA) is 78.3 Å². The van der Waals surface area contributed by atoms with Gasteiger partial charge in [-0.25, -0.2) is 4.98 Å². The fraction of sp³-hybridized carbons (Fsp3) is 0.478. The van der Waals surface area contributed by atoms with Crippen LogP contribution in [0.5, 0.6) is 0 Å². The number of unbranched alkanes of at least 4 members (excludes halogenated alkanes) is 2. The Morgan fingerprint density at radius 1 is 1.17 bits per heavy atom. The Hall–Kier alpha value is -2.47. The minimum atomic E-state index is -0.950. The van der Waals surface area contributed by atoms with Crippen LogP contribution < -0.4 is 5.56 Å². The van der Waals surface area contributed by atoms with Gasteiger partial charge in [0.2, 0.25) is 0 Å². The summed E-state index contributed by atoms with van der Waals surface area (Å²) in [5.41, 5.74) is 0.111. The molecule has 1 heterocycles. The quantitative estimate of drug-likeness (QED) is 0.409. The fourth-order valence-electron chi connectivity index (χ4n) is 3.29. The summed E-state index contributed by atoms with van der Waals surface area (Å²) < 4.78 is 6.19. The number of methoxy groups -OCH3 is 1. The van der Waals surface area contributed by atoms with Crippen LogP contribution in [0.2, 0.25) is 5.02 Å². The van der Waals surface area contributed by atoms with E-state index in [1.165, 1.54) is 17.7 Å². The summed E-state index contributed by atoms with van der Waals surface area (Å²) in [5, 5.41) is 0.606. The first-order valence-corrected chi connectivity index (χ1v) is 10.5. The second-order valence-corrected chi connectivity index (χ2v) is 8.47. The van der Waals surface area contributed by atoms with E-state index in [2.05, 4.69) is 11.9 Å². The maximum atomic E-state index is 12.9. The summed E-state index contributed by atoms with van der Waals surface area (Å²) in [5.74, 6) is -0.0991. The molecule has 0 amide bonds. The third kappa shape index (κ3) is 6.26. The van der Waals surface area contributed by atoms with Gasteiger partial charge in [0.15, 0.2) is 5.78 Å². The standard InChI is InChI=1S/C23H29ClN2O4/c1-5-6-7-8-20-25-19(16-9-11-17(24)12-10-16)13-21(28)26(20)15-18(27)14-23(2,3)22(29)30-4/h9-13H,5-8,14-15H2,1-4H3. The third-order valence-electron chi connectivity index (χ3n) is 4.94. The van der Waals surface area contributed by atoms with Crippen molar-refractivity contribution >= 4 is 23.4 Å². The predicted octanol–water partition coefficient (Wildman–Crippen LogP) is 4.45. The molecule has 0 unspecified atom stereocenters. The molecule has 0 aliphatic heterocycles. The molecule has 0 spiro atoms. The molecule has 6 nitrogen and oxygen atoms in total. The zero-order valence-electron chi connectivity index (χ0n) is 18.0. The van der Waals surface area contributed by atoms with Crippen molar-refractivity contribution in [2.75, 3.05) is 7.11 Å². The van der Waals surface area contributed by atoms with Crippen LogP contribution in [0.15, 0.2) is 35.1 Å². The van der Waals surface area contributed by atoms with Gasteiger partial charge in [0.1, 0.15) is 5.82 Å². The summed E-state index contributed by atoms with van der Waals surface area (Å²) in [6.45, 7) is 5.30. The number of halogens is 1. The zero-order valence-corrected chi connectivity index (χ0v) is 18.8. The molecule has 162 valence electrons. The average molecular weight is 433 g/mol. The van der Waals surface area contributed by atoms with Crippen molar-refractivity contribution in [2.24, 2.45) is 5.41 Å². The Labute approximate surface area is 182 Å². The Morgan fingerprint density at radius 2 is 1.83 bits per heavy atom. The largest absolute Gasteiger partial charge is 0.469 e. The van der Waals surface area contributed by atoms with Gasteiger partial charge in [0, 0.05) is 29.5 Å². The fourth-order valence-corrected chi connectivity index (χ4v) is 3.42. The van der Waals surface area contributed by atoms with Crippen LogP contribution >= 0.6 is 11.6 Å². The SMILES string of the molecule is CCCCCc1nc(-c2ccc(Cl)cc2)cc(=O)n1CC(=O)CC(C)(C)C(=O)OC. The molecule has 0 fully saturated rings. The highest BCUT2D eigenvalue weighted by Gasteiger charge is 2.31. The molecule has 0 aliphatic carbocycles. The van der Waals surface area contributed by atoms with E-state index in [4.69, 9.17) is 16.3 Å². The molecule has 0 radical (unpaired) electrons. The van der Waals surface area contributed by atoms with Crippen molar-refractivity contribution in [3.8, 4) is 11.3 Å². The number of Topliss-reactive ketones (excluding diaryl/α,β-unsaturated/α-hetero) is 1. The second kappa shape index (κ2) is 10.5. The van der Waals surface area contributed by atoms with Gasteiger partial charge in [0.05, 0.1) is 24.8 Å². The molecule has 0 aliphatic rings. The number of ketones is 1. The molecule has 0 atom stereocenters. The molecule has 0 saturated heterocycles. The van der Waals surface area contributed by atoms with Gasteiger partial charge in [0.25, 0.3) is 5.56 Å². The lowest BCUT2D eigenvalue weighted by Crippen LogP contribution is -2.33. The van der Waals surface area contributed by atoms with Crippen molar-refractivity contribution in [3.05, 3.63) is 51.5 Å². The van der Waals surface area contributed by atoms with Gasteiger partial charge >= 0.3 is 5.97 Å². The van der Waals surface area contributed by atoms with Crippen LogP contribution in [0.3, 0.4) is 0 Å². The zero-order chi connectivity index (χ0) is 22.3. The van der Waals surface area contributed by atoms with Crippen molar-refractivity contribution in [1.29, 1.82) is 0 Å². The van der Waals surface area contributed by atoms with Crippen LogP contribution in [0, 0.1) is 5.41 Å². The Bertz CT molecular complexity index is 949. The van der Waals surface area contributed by atoms with E-state index in [0.717, 1.165) is 24.8 Å². The van der Waals surface area contributed by atoms with Crippen molar-refractivity contribution in [1.82, 2.24) is 9.55 Å². The molecule has 1 aromatic heterocycles. The first kappa shape index (κ1) is 23.8. The van der Waals surface area contributed by atoms with Gasteiger partial charge in [-0.2, -0.15) is 0 Å². The molecule has 0 saturated carbocycles. The Kier molecular flexibility index (Phi) is 8.35.